The lowest BCUT2D eigenvalue weighted by Crippen LogP contribution is -2.13. The third-order valence-electron chi connectivity index (χ3n) is 3.60. The fourth-order valence-corrected chi connectivity index (χ4v) is 2.38. The number of benzene rings is 2. The highest BCUT2D eigenvalue weighted by molar-refractivity contribution is 6.01. The number of anilines is 1. The van der Waals surface area contributed by atoms with E-state index in [-0.39, 0.29) is 24.5 Å². The summed E-state index contributed by atoms with van der Waals surface area (Å²) in [6.07, 6.45) is 0.0225. The van der Waals surface area contributed by atoms with Crippen LogP contribution in [-0.4, -0.2) is 16.7 Å². The first-order chi connectivity index (χ1) is 12.0. The molecular weight excluding hydrogens is 322 g/mol. The lowest BCUT2D eigenvalue weighted by atomic mass is 10.1. The van der Waals surface area contributed by atoms with E-state index in [0.717, 1.165) is 0 Å². The number of Topliss-reactive ketones (excluding diaryl/α,β-unsaturated/α-hetero) is 1. The van der Waals surface area contributed by atoms with Crippen LogP contribution in [0.25, 0.3) is 11.1 Å². The summed E-state index contributed by atoms with van der Waals surface area (Å²) in [6.45, 7) is 0. The predicted octanol–water partition coefficient (Wildman–Crippen LogP) is 2.59. The zero-order chi connectivity index (χ0) is 17.8. The molecule has 2 N–H and O–H groups in total. The van der Waals surface area contributed by atoms with Gasteiger partial charge in [0.15, 0.2) is 11.4 Å². The number of aromatic amines is 1. The first-order valence-electron chi connectivity index (χ1n) is 7.51. The van der Waals surface area contributed by atoms with Gasteiger partial charge in [-0.1, -0.05) is 6.07 Å². The number of carbonyl (C=O) groups is 2. The van der Waals surface area contributed by atoms with Crippen molar-refractivity contribution < 1.29 is 14.0 Å². The number of nitrogens with one attached hydrogen (secondary N) is 2. The number of nitrogens with zero attached hydrogens (tertiary/aromatic N) is 1. The third kappa shape index (κ3) is 3.82. The van der Waals surface area contributed by atoms with E-state index in [1.807, 2.05) is 6.07 Å². The Bertz CT molecular complexity index is 1060. The normalized spacial score (nSPS) is 10.4. The molecule has 3 rings (SSSR count). The number of hydrogen-bond acceptors (Lipinski definition) is 5. The van der Waals surface area contributed by atoms with Crippen LogP contribution < -0.4 is 11.1 Å². The number of hydrogen-bond donors (Lipinski definition) is 2. The van der Waals surface area contributed by atoms with Gasteiger partial charge in [0, 0.05) is 24.1 Å². The van der Waals surface area contributed by atoms with Gasteiger partial charge in [-0.05, 0) is 36.4 Å². The van der Waals surface area contributed by atoms with E-state index in [1.165, 1.54) is 6.07 Å². The molecule has 0 atom stereocenters. The lowest BCUT2D eigenvalue weighted by molar-refractivity contribution is -0.116. The average molecular weight is 335 g/mol. The molecule has 7 heteroatoms. The topological polar surface area (TPSA) is 116 Å². The lowest BCUT2D eigenvalue weighted by Gasteiger charge is -2.05. The first kappa shape index (κ1) is 16.2. The number of oxazole rings is 1. The van der Waals surface area contributed by atoms with Crippen LogP contribution in [0.15, 0.2) is 51.7 Å². The highest BCUT2D eigenvalue weighted by Gasteiger charge is 2.12. The first-order valence-corrected chi connectivity index (χ1v) is 7.51. The molecule has 0 unspecified atom stereocenters. The standard InChI is InChI=1S/C18H13N3O4/c19-10-11-2-1-3-13(8-11)20-17(23)7-6-15(22)12-4-5-14-16(9-12)25-18(24)21-14/h1-5,8-9H,6-7H2,(H,20,23)(H,21,24). The van der Waals surface area contributed by atoms with Crippen molar-refractivity contribution in [1.82, 2.24) is 4.98 Å². The summed E-state index contributed by atoms with van der Waals surface area (Å²) in [5, 5.41) is 11.5. The molecule has 1 heterocycles. The molecule has 0 spiro atoms. The highest BCUT2D eigenvalue weighted by atomic mass is 16.4. The van der Waals surface area contributed by atoms with Gasteiger partial charge in [0.1, 0.15) is 0 Å². The molecule has 3 aromatic rings. The third-order valence-corrected chi connectivity index (χ3v) is 3.60. The molecule has 0 fully saturated rings. The summed E-state index contributed by atoms with van der Waals surface area (Å²) in [5.74, 6) is -1.14. The summed E-state index contributed by atoms with van der Waals surface area (Å²) in [7, 11) is 0. The van der Waals surface area contributed by atoms with Gasteiger partial charge in [-0.15, -0.1) is 0 Å². The van der Waals surface area contributed by atoms with E-state index in [1.54, 1.807) is 36.4 Å². The Morgan fingerprint density at radius 2 is 2.00 bits per heavy atom. The monoisotopic (exact) mass is 335 g/mol. The van der Waals surface area contributed by atoms with Crippen molar-refractivity contribution in [3.63, 3.8) is 0 Å². The van der Waals surface area contributed by atoms with Crippen molar-refractivity contribution in [3.05, 3.63) is 64.1 Å². The largest absolute Gasteiger partial charge is 0.417 e. The van der Waals surface area contributed by atoms with E-state index in [4.69, 9.17) is 9.68 Å². The summed E-state index contributed by atoms with van der Waals surface area (Å²) in [4.78, 5) is 37.8. The smallest absolute Gasteiger partial charge is 0.408 e. The molecule has 1 aromatic heterocycles. The quantitative estimate of drug-likeness (QED) is 0.695. The molecule has 2 aromatic carbocycles. The van der Waals surface area contributed by atoms with Crippen LogP contribution in [0.1, 0.15) is 28.8 Å². The molecular formula is C18H13N3O4. The van der Waals surface area contributed by atoms with Crippen LogP contribution in [0.2, 0.25) is 0 Å². The van der Waals surface area contributed by atoms with E-state index < -0.39 is 5.76 Å². The maximum atomic E-state index is 12.2. The van der Waals surface area contributed by atoms with Crippen LogP contribution >= 0.6 is 0 Å². The Labute approximate surface area is 141 Å². The molecule has 0 saturated heterocycles. The van der Waals surface area contributed by atoms with Crippen molar-refractivity contribution in [2.24, 2.45) is 0 Å². The summed E-state index contributed by atoms with van der Waals surface area (Å²) >= 11 is 0. The molecule has 0 aliphatic heterocycles. The SMILES string of the molecule is N#Cc1cccc(NC(=O)CCC(=O)c2ccc3[nH]c(=O)oc3c2)c1. The molecule has 1 amide bonds. The predicted molar refractivity (Wildman–Crippen MR) is 90.2 cm³/mol. The van der Waals surface area contributed by atoms with Gasteiger partial charge in [-0.2, -0.15) is 5.26 Å². The molecule has 25 heavy (non-hydrogen) atoms. The fourth-order valence-electron chi connectivity index (χ4n) is 2.38. The zero-order valence-corrected chi connectivity index (χ0v) is 13.0. The Balaban J connectivity index is 1.61. The Morgan fingerprint density at radius 1 is 1.16 bits per heavy atom. The Morgan fingerprint density at radius 3 is 2.80 bits per heavy atom. The summed E-state index contributed by atoms with van der Waals surface area (Å²) < 4.78 is 4.92. The molecule has 0 aliphatic carbocycles. The molecule has 7 nitrogen and oxygen atoms in total. The van der Waals surface area contributed by atoms with E-state index in [2.05, 4.69) is 10.3 Å². The minimum absolute atomic E-state index is 0.00470. The number of H-pyrrole nitrogens is 1. The van der Waals surface area contributed by atoms with Gasteiger partial charge < -0.3 is 9.73 Å². The van der Waals surface area contributed by atoms with Crippen molar-refractivity contribution in [3.8, 4) is 6.07 Å². The van der Waals surface area contributed by atoms with Crippen LogP contribution in [0.3, 0.4) is 0 Å². The van der Waals surface area contributed by atoms with Crippen LogP contribution in [0.5, 0.6) is 0 Å². The molecule has 124 valence electrons. The zero-order valence-electron chi connectivity index (χ0n) is 13.0. The van der Waals surface area contributed by atoms with E-state index in [0.29, 0.717) is 27.9 Å². The molecule has 0 bridgehead atoms. The van der Waals surface area contributed by atoms with Crippen molar-refractivity contribution in [2.75, 3.05) is 5.32 Å². The van der Waals surface area contributed by atoms with Crippen molar-refractivity contribution >= 4 is 28.5 Å². The minimum atomic E-state index is -0.585. The van der Waals surface area contributed by atoms with Crippen molar-refractivity contribution in [2.45, 2.75) is 12.8 Å². The second-order valence-electron chi connectivity index (χ2n) is 5.39. The highest BCUT2D eigenvalue weighted by Crippen LogP contribution is 2.15. The maximum absolute atomic E-state index is 12.2. The number of fused-ring (bicyclic) bond motifs is 1. The summed E-state index contributed by atoms with van der Waals surface area (Å²) in [5.41, 5.74) is 2.13. The van der Waals surface area contributed by atoms with E-state index >= 15 is 0 Å². The summed E-state index contributed by atoms with van der Waals surface area (Å²) in [6, 6.07) is 13.1. The van der Waals surface area contributed by atoms with Gasteiger partial charge in [-0.25, -0.2) is 4.79 Å². The number of ketones is 1. The number of nitriles is 1. The van der Waals surface area contributed by atoms with Gasteiger partial charge in [0.2, 0.25) is 5.91 Å². The van der Waals surface area contributed by atoms with Gasteiger partial charge in [0.25, 0.3) is 0 Å². The van der Waals surface area contributed by atoms with Gasteiger partial charge >= 0.3 is 5.76 Å². The van der Waals surface area contributed by atoms with Crippen LogP contribution in [0.4, 0.5) is 5.69 Å². The number of carbonyl (C=O) groups excluding carboxylic acids is 2. The molecule has 0 aliphatic rings. The molecule has 0 radical (unpaired) electrons. The molecule has 0 saturated carbocycles. The fraction of sp³-hybridized carbons (Fsp3) is 0.111. The van der Waals surface area contributed by atoms with Crippen LogP contribution in [-0.2, 0) is 4.79 Å². The van der Waals surface area contributed by atoms with E-state index in [9.17, 15) is 14.4 Å². The second-order valence-corrected chi connectivity index (χ2v) is 5.39. The van der Waals surface area contributed by atoms with Crippen molar-refractivity contribution in [1.29, 1.82) is 5.26 Å². The Kier molecular flexibility index (Phi) is 4.44. The number of rotatable bonds is 5. The van der Waals surface area contributed by atoms with Gasteiger partial charge in [0.05, 0.1) is 17.1 Å². The van der Waals surface area contributed by atoms with Crippen LogP contribution in [0, 0.1) is 11.3 Å². The number of aromatic nitrogens is 1. The number of amides is 1. The minimum Gasteiger partial charge on any atom is -0.408 e. The second kappa shape index (κ2) is 6.84. The maximum Gasteiger partial charge on any atom is 0.417 e. The van der Waals surface area contributed by atoms with Gasteiger partial charge in [-0.3, -0.25) is 14.6 Å². The Hall–Kier alpha value is -3.66. The average Bonchev–Trinajstić information content (AvgIpc) is 2.99.